The summed E-state index contributed by atoms with van der Waals surface area (Å²) in [5.41, 5.74) is 27.4. The van der Waals surface area contributed by atoms with Crippen LogP contribution in [-0.2, 0) is 19.2 Å². The number of hydrogen-bond donors (Lipinski definition) is 6. The molecule has 0 aliphatic carbocycles. The van der Waals surface area contributed by atoms with Gasteiger partial charge >= 0.3 is 48.4 Å². The number of likely N-dealkylation sites (tertiary alicyclic amines) is 2. The molecular weight excluding hydrogens is 1000 g/mol. The van der Waals surface area contributed by atoms with Crippen molar-refractivity contribution < 1.29 is 28.0 Å². The van der Waals surface area contributed by atoms with E-state index in [1.54, 1.807) is 47.6 Å². The molecule has 4 atom stereocenters. The third-order valence-corrected chi connectivity index (χ3v) is 12.4. The van der Waals surface area contributed by atoms with E-state index in [-0.39, 0.29) is 35.6 Å². The number of piperidine rings is 2. The second-order valence-electron chi connectivity index (χ2n) is 18.6. The van der Waals surface area contributed by atoms with E-state index < -0.39 is 23.6 Å². The van der Waals surface area contributed by atoms with Gasteiger partial charge in [0.05, 0.1) is 24.0 Å². The molecule has 2 aliphatic heterocycles. The Morgan fingerprint density at radius 1 is 0.681 bits per heavy atom. The summed E-state index contributed by atoms with van der Waals surface area (Å²) in [6.45, 7) is 17.4. The molecule has 3 aromatic heterocycles. The van der Waals surface area contributed by atoms with E-state index in [4.69, 9.17) is 22.9 Å². The first kappa shape index (κ1) is 60.0. The van der Waals surface area contributed by atoms with E-state index >= 15 is 0 Å². The first-order chi connectivity index (χ1) is 34.0. The van der Waals surface area contributed by atoms with Gasteiger partial charge in [0.2, 0.25) is 0 Å². The number of benzene rings is 2. The van der Waals surface area contributed by atoms with E-state index in [1.165, 1.54) is 35.4 Å². The Labute approximate surface area is 437 Å². The number of pyridine rings is 3. The fourth-order valence-corrected chi connectivity index (χ4v) is 8.49. The van der Waals surface area contributed by atoms with E-state index in [0.29, 0.717) is 54.0 Å². The summed E-state index contributed by atoms with van der Waals surface area (Å²) in [4.78, 5) is 63.9. The zero-order valence-electron chi connectivity index (χ0n) is 42.2. The molecule has 0 unspecified atom stereocenters. The van der Waals surface area contributed by atoms with Crippen LogP contribution in [0.1, 0.15) is 139 Å². The fraction of sp³-hybridized carbons (Fsp3) is 0.404. The number of nitrogens with one attached hydrogen (secondary N) is 1. The summed E-state index contributed by atoms with van der Waals surface area (Å²) in [5.74, 6) is -0.232. The summed E-state index contributed by atoms with van der Waals surface area (Å²) >= 11 is 6.54. The van der Waals surface area contributed by atoms with Crippen LogP contribution < -0.4 is 28.3 Å². The van der Waals surface area contributed by atoms with E-state index in [9.17, 15) is 28.0 Å². The molecule has 0 spiro atoms. The first-order valence-corrected chi connectivity index (χ1v) is 24.8. The topological polar surface area (TPSA) is 242 Å². The van der Waals surface area contributed by atoms with Crippen molar-refractivity contribution in [1.82, 2.24) is 24.8 Å². The summed E-state index contributed by atoms with van der Waals surface area (Å²) in [6, 6.07) is 19.3. The Morgan fingerprint density at radius 2 is 1.10 bits per heavy atom. The molecule has 15 nitrogen and oxygen atoms in total. The van der Waals surface area contributed by atoms with Gasteiger partial charge in [-0.1, -0.05) is 85.7 Å². The van der Waals surface area contributed by atoms with Crippen molar-refractivity contribution in [2.24, 2.45) is 21.9 Å². The molecule has 0 saturated carbocycles. The number of thiol groups is 1. The maximum atomic E-state index is 13.3. The van der Waals surface area contributed by atoms with Crippen LogP contribution in [0.2, 0.25) is 0 Å². The molecule has 2 aromatic carbocycles. The number of halogens is 3. The Morgan fingerprint density at radius 3 is 1.50 bits per heavy atom. The van der Waals surface area contributed by atoms with Crippen LogP contribution in [0.4, 0.5) is 31.9 Å². The molecule has 0 bridgehead atoms. The van der Waals surface area contributed by atoms with Crippen molar-refractivity contribution in [1.29, 1.82) is 0 Å². The zero-order chi connectivity index (χ0) is 53.8. The quantitative estimate of drug-likeness (QED) is 0.0534. The number of primary amides is 1. The normalized spacial score (nSPS) is 17.1. The molecule has 9 N–H and O–H groups in total. The number of carbonyl (C=O) groups is 4. The predicted octanol–water partition coefficient (Wildman–Crippen LogP) is 10.00. The molecular formula is C52H68BBrF2N11O4S. The average molecular weight is 1070 g/mol. The summed E-state index contributed by atoms with van der Waals surface area (Å²) in [5, 5.41) is 2.65. The van der Waals surface area contributed by atoms with Crippen molar-refractivity contribution in [2.75, 3.05) is 35.6 Å². The van der Waals surface area contributed by atoms with Crippen LogP contribution in [0.5, 0.6) is 0 Å². The first-order valence-electron chi connectivity index (χ1n) is 23.6. The number of hydrogen-bond acceptors (Lipinski definition) is 12. The molecule has 5 aromatic rings. The minimum atomic E-state index is -0.943. The molecule has 385 valence electrons. The van der Waals surface area contributed by atoms with E-state index in [1.807, 2.05) is 39.0 Å². The monoisotopic (exact) mass is 1070 g/mol. The van der Waals surface area contributed by atoms with Gasteiger partial charge in [-0.25, -0.2) is 23.7 Å². The number of amides is 4. The van der Waals surface area contributed by atoms with E-state index in [0.717, 1.165) is 58.0 Å². The van der Waals surface area contributed by atoms with Gasteiger partial charge in [-0.2, -0.15) is 0 Å². The number of rotatable bonds is 6. The fourth-order valence-electron chi connectivity index (χ4n) is 8.14. The molecule has 20 heteroatoms. The molecule has 4 amide bonds. The molecule has 7 rings (SSSR count). The summed E-state index contributed by atoms with van der Waals surface area (Å²) in [7, 11) is 4.34. The van der Waals surface area contributed by atoms with Gasteiger partial charge in [0, 0.05) is 30.0 Å². The summed E-state index contributed by atoms with van der Waals surface area (Å²) in [6.07, 6.45) is 8.25. The second-order valence-corrected chi connectivity index (χ2v) is 19.8. The Balaban J connectivity index is 0.000000272. The van der Waals surface area contributed by atoms with Gasteiger partial charge in [-0.3, -0.25) is 19.2 Å². The van der Waals surface area contributed by atoms with Crippen LogP contribution in [0.25, 0.3) is 0 Å². The van der Waals surface area contributed by atoms with Crippen LogP contribution >= 0.6 is 28.7 Å². The number of anilines is 4. The van der Waals surface area contributed by atoms with Gasteiger partial charge in [0.1, 0.15) is 29.1 Å². The van der Waals surface area contributed by atoms with Crippen LogP contribution in [-0.4, -0.2) is 69.1 Å². The maximum absolute atomic E-state index is 13.3. The van der Waals surface area contributed by atoms with Crippen molar-refractivity contribution in [3.05, 3.63) is 135 Å². The van der Waals surface area contributed by atoms with Crippen molar-refractivity contribution in [2.45, 2.75) is 111 Å². The number of nitrogen functional groups attached to an aromatic ring is 3. The van der Waals surface area contributed by atoms with Crippen LogP contribution in [0, 0.1) is 23.5 Å². The van der Waals surface area contributed by atoms with Crippen LogP contribution in [0.15, 0.2) is 100 Å². The second kappa shape index (κ2) is 29.3. The third kappa shape index (κ3) is 18.4. The summed E-state index contributed by atoms with van der Waals surface area (Å²) < 4.78 is 29.9. The molecule has 2 saturated heterocycles. The number of nitrogens with zero attached hydrogens (tertiary/aromatic N) is 6. The Hall–Kier alpha value is -6.28. The Bertz CT molecular complexity index is 2580. The van der Waals surface area contributed by atoms with Gasteiger partial charge in [-0.05, 0) is 141 Å². The molecule has 5 heterocycles. The Kier molecular flexibility index (Phi) is 24.4. The van der Waals surface area contributed by atoms with E-state index in [2.05, 4.69) is 95.6 Å². The van der Waals surface area contributed by atoms with Gasteiger partial charge in [0.25, 0.3) is 0 Å². The number of carbonyl (C=O) groups excluding carboxylic acids is 4. The third-order valence-electron chi connectivity index (χ3n) is 11.9. The number of nitrogens with two attached hydrogens (primary N) is 4. The van der Waals surface area contributed by atoms with Gasteiger partial charge in [-0.15, -0.1) is 0 Å². The molecule has 2 fully saturated rings. The zero-order valence-corrected chi connectivity index (χ0v) is 44.7. The number of aromatic nitrogens is 3. The standard InChI is InChI=1S/C22H27FN4O2.C14H17FN2O2.C8H11BrN2.C8H12N2.BHNS/c1-13(2)18-10-17(11-25-20(18)24)26-21(28)22(29)27-12-14(3)4-9-19(27)15-5-7-16(23)8-6-15;1-9-2-7-12(10-3-5-11(15)6-4-10)17(8-9)14(19)13(16)18;1-5(2)7-3-6(9)4-11-8(7)10;1-6(2)7-4-3-5-10-8(7)9;1-2-3/h5-8,10-11,13-14,19H,4,9,12H2,1-3H3,(H2,24,25)(H,26,28);3-6,9,12H,2,7-8H2,1H3,(H2,16,18);3-5H,1-2H3,(H2,10,11);3-6H,1-2H3,(H2,9,10);3H/t14-,19+;9-,12+;;;/m11.../s1. The average Bonchev–Trinajstić information content (AvgIpc) is 3.33. The SMILES string of the molecule is CC(C)c1cc(Br)cnc1N.CC(C)c1cc(NC(=O)C(=O)N2C[C@H](C)CC[C@H]2c2ccc(F)cc2)cnc1N.CC(C)c1cccnc1N.C[C@@H]1CC[C@@H](c2ccc(F)cc2)N(C(=O)C(N)=O)C1.[B]=NS. The van der Waals surface area contributed by atoms with Crippen molar-refractivity contribution in [3.63, 3.8) is 0 Å². The van der Waals surface area contributed by atoms with Gasteiger partial charge in [0.15, 0.2) is 0 Å². The molecule has 1 radical (unpaired) electrons. The minimum absolute atomic E-state index is 0.140. The predicted molar refractivity (Wildman–Crippen MR) is 289 cm³/mol. The van der Waals surface area contributed by atoms with Gasteiger partial charge < -0.3 is 38.1 Å². The van der Waals surface area contributed by atoms with Crippen LogP contribution in [0.3, 0.4) is 0 Å². The molecule has 2 aliphatic rings. The molecule has 72 heavy (non-hydrogen) atoms. The van der Waals surface area contributed by atoms with Crippen molar-refractivity contribution in [3.8, 4) is 0 Å². The van der Waals surface area contributed by atoms with Crippen molar-refractivity contribution >= 4 is 83.2 Å².